The fourth-order valence-corrected chi connectivity index (χ4v) is 7.37. The molecule has 6 aliphatic heterocycles. The summed E-state index contributed by atoms with van der Waals surface area (Å²) in [4.78, 5) is 14.2. The quantitative estimate of drug-likeness (QED) is 0.418. The largest absolute Gasteiger partial charge is 0.478 e. The molecule has 0 unspecified atom stereocenters. The first kappa shape index (κ1) is 30.8. The summed E-state index contributed by atoms with van der Waals surface area (Å²) in [6.07, 6.45) is 7.15. The molecular weight excluding hydrogens is 506 g/mol. The van der Waals surface area contributed by atoms with E-state index in [2.05, 4.69) is 67.8 Å². The number of rotatable bonds is 3. The maximum Gasteiger partial charge on any atom is 0.186 e. The van der Waals surface area contributed by atoms with Gasteiger partial charge < -0.3 is 26.0 Å². The van der Waals surface area contributed by atoms with E-state index < -0.39 is 0 Å². The van der Waals surface area contributed by atoms with Crippen LogP contribution >= 0.6 is 11.8 Å². The Balaban J connectivity index is 0.000000136. The Morgan fingerprint density at radius 3 is 1.72 bits per heavy atom. The molecule has 8 nitrogen and oxygen atoms in total. The normalized spacial score (nSPS) is 26.4. The van der Waals surface area contributed by atoms with E-state index in [0.29, 0.717) is 28.8 Å². The highest BCUT2D eigenvalue weighted by atomic mass is 32.2. The van der Waals surface area contributed by atoms with Crippen LogP contribution in [-0.2, 0) is 4.74 Å². The highest BCUT2D eigenvalue weighted by Crippen LogP contribution is 2.37. The number of ether oxygens (including phenoxy) is 1. The molecule has 0 bridgehead atoms. The van der Waals surface area contributed by atoms with Crippen LogP contribution in [0.1, 0.15) is 80.1 Å². The van der Waals surface area contributed by atoms with E-state index >= 15 is 0 Å². The number of thioether (sulfide) groups is 1. The molecule has 0 aromatic rings. The van der Waals surface area contributed by atoms with Crippen molar-refractivity contribution in [3.63, 3.8) is 0 Å². The summed E-state index contributed by atoms with van der Waals surface area (Å²) in [6.45, 7) is 21.7. The van der Waals surface area contributed by atoms with Crippen molar-refractivity contribution >= 4 is 28.5 Å². The zero-order chi connectivity index (χ0) is 27.9. The van der Waals surface area contributed by atoms with Gasteiger partial charge in [0, 0.05) is 23.5 Å². The van der Waals surface area contributed by atoms with E-state index in [-0.39, 0.29) is 5.54 Å². The van der Waals surface area contributed by atoms with Gasteiger partial charge in [0.25, 0.3) is 0 Å². The first-order valence-corrected chi connectivity index (χ1v) is 16.5. The predicted octanol–water partition coefficient (Wildman–Crippen LogP) is 3.87. The topological polar surface area (TPSA) is 94.4 Å². The van der Waals surface area contributed by atoms with Crippen molar-refractivity contribution in [2.24, 2.45) is 32.7 Å². The maximum absolute atomic E-state index is 5.63. The summed E-state index contributed by atoms with van der Waals surface area (Å²) in [7, 11) is 0. The lowest BCUT2D eigenvalue weighted by Gasteiger charge is -2.34. The first-order valence-electron chi connectivity index (χ1n) is 15.6. The average molecular weight is 562 g/mol. The summed E-state index contributed by atoms with van der Waals surface area (Å²) in [5.41, 5.74) is 0.755. The van der Waals surface area contributed by atoms with Crippen molar-refractivity contribution in [1.29, 1.82) is 0 Å². The molecule has 0 aliphatic carbocycles. The molecule has 0 aromatic heterocycles. The van der Waals surface area contributed by atoms with E-state index in [1.807, 2.05) is 11.8 Å². The summed E-state index contributed by atoms with van der Waals surface area (Å²) in [6, 6.07) is 0. The minimum Gasteiger partial charge on any atom is -0.478 e. The standard InChI is InChI=1S/C10H19N3.C10H18N2O.C10H18N2S/c1-8(2)9-12-7-10(13-9)3-5-11-6-4-10;2*1-8(2)9-12-10(7-13-9)3-5-11-6-4-10/h8,11H,3-7H2,1-2H3,(H,12,13);2*8,11H,3-7H2,1-2H3. The van der Waals surface area contributed by atoms with Gasteiger partial charge in [-0.3, -0.25) is 9.98 Å². The van der Waals surface area contributed by atoms with Gasteiger partial charge in [-0.1, -0.05) is 41.5 Å². The number of hydrogen-bond acceptors (Lipinski definition) is 9. The monoisotopic (exact) mass is 561 g/mol. The lowest BCUT2D eigenvalue weighted by Crippen LogP contribution is -2.53. The molecule has 4 N–H and O–H groups in total. The zero-order valence-corrected chi connectivity index (χ0v) is 26.3. The smallest absolute Gasteiger partial charge is 0.186 e. The van der Waals surface area contributed by atoms with Crippen LogP contribution in [0.4, 0.5) is 0 Å². The molecule has 0 saturated carbocycles. The molecule has 3 saturated heterocycles. The first-order chi connectivity index (χ1) is 18.7. The molecule has 3 fully saturated rings. The molecule has 0 amide bonds. The summed E-state index contributed by atoms with van der Waals surface area (Å²) in [5, 5.41) is 15.1. The molecule has 222 valence electrons. The van der Waals surface area contributed by atoms with Gasteiger partial charge in [0.05, 0.1) is 28.5 Å². The van der Waals surface area contributed by atoms with Gasteiger partial charge in [0.2, 0.25) is 0 Å². The number of nitrogens with one attached hydrogen (secondary N) is 4. The minimum atomic E-state index is 0.130. The van der Waals surface area contributed by atoms with Crippen LogP contribution < -0.4 is 21.3 Å². The number of nitrogens with zero attached hydrogens (tertiary/aromatic N) is 3. The number of amidine groups is 1. The Labute approximate surface area is 241 Å². The molecule has 0 aromatic carbocycles. The van der Waals surface area contributed by atoms with E-state index in [1.54, 1.807) is 0 Å². The van der Waals surface area contributed by atoms with Crippen LogP contribution in [-0.4, -0.2) is 91.6 Å². The van der Waals surface area contributed by atoms with Gasteiger partial charge in [-0.15, -0.1) is 11.8 Å². The van der Waals surface area contributed by atoms with Crippen molar-refractivity contribution in [1.82, 2.24) is 21.3 Å². The lowest BCUT2D eigenvalue weighted by atomic mass is 9.89. The van der Waals surface area contributed by atoms with Crippen molar-refractivity contribution in [2.45, 2.75) is 96.7 Å². The van der Waals surface area contributed by atoms with Crippen LogP contribution in [0.2, 0.25) is 0 Å². The van der Waals surface area contributed by atoms with E-state index in [4.69, 9.17) is 14.7 Å². The Morgan fingerprint density at radius 1 is 0.692 bits per heavy atom. The van der Waals surface area contributed by atoms with Gasteiger partial charge in [0.15, 0.2) is 5.90 Å². The predicted molar refractivity (Wildman–Crippen MR) is 168 cm³/mol. The molecule has 3 spiro atoms. The van der Waals surface area contributed by atoms with Crippen molar-refractivity contribution in [3.05, 3.63) is 0 Å². The second kappa shape index (κ2) is 13.7. The molecule has 9 heteroatoms. The zero-order valence-electron chi connectivity index (χ0n) is 25.5. The number of hydrogen-bond donors (Lipinski definition) is 4. The SMILES string of the molecule is CC(C)C1=NC2(CCNCC2)CO1.CC(C)C1=NC2(CCNCC2)CS1.CC(C)C1=NCC2(CCNCC2)N1. The van der Waals surface area contributed by atoms with Gasteiger partial charge >= 0.3 is 0 Å². The molecule has 6 heterocycles. The molecule has 6 aliphatic rings. The highest BCUT2D eigenvalue weighted by molar-refractivity contribution is 8.14. The van der Waals surface area contributed by atoms with E-state index in [9.17, 15) is 0 Å². The van der Waals surface area contributed by atoms with Gasteiger partial charge in [-0.05, 0) is 77.8 Å². The van der Waals surface area contributed by atoms with Crippen molar-refractivity contribution in [2.75, 3.05) is 58.2 Å². The fourth-order valence-electron chi connectivity index (χ4n) is 6.00. The Bertz CT molecular complexity index is 832. The van der Waals surface area contributed by atoms with Crippen molar-refractivity contribution < 1.29 is 4.74 Å². The third-order valence-electron chi connectivity index (χ3n) is 8.78. The molecule has 0 atom stereocenters. The third-order valence-corrected chi connectivity index (χ3v) is 10.3. The Kier molecular flexibility index (Phi) is 10.8. The molecule has 39 heavy (non-hydrogen) atoms. The molecule has 6 rings (SSSR count). The van der Waals surface area contributed by atoms with E-state index in [0.717, 1.165) is 71.2 Å². The van der Waals surface area contributed by atoms with Gasteiger partial charge in [-0.25, -0.2) is 4.99 Å². The molecular formula is C30H55N7OS. The lowest BCUT2D eigenvalue weighted by molar-refractivity contribution is 0.210. The Hall–Kier alpha value is -1.16. The van der Waals surface area contributed by atoms with Crippen LogP contribution in [0.3, 0.4) is 0 Å². The average Bonchev–Trinajstić information content (AvgIpc) is 3.65. The second-order valence-electron chi connectivity index (χ2n) is 13.2. The van der Waals surface area contributed by atoms with E-state index in [1.165, 1.54) is 42.3 Å². The Morgan fingerprint density at radius 2 is 1.26 bits per heavy atom. The number of aliphatic imine (C=N–C) groups is 3. The summed E-state index contributed by atoms with van der Waals surface area (Å²) in [5.74, 6) is 5.01. The van der Waals surface area contributed by atoms with Crippen molar-refractivity contribution in [3.8, 4) is 0 Å². The van der Waals surface area contributed by atoms with Crippen LogP contribution in [0, 0.1) is 17.8 Å². The number of piperidine rings is 3. The minimum absolute atomic E-state index is 0.130. The van der Waals surface area contributed by atoms with Gasteiger partial charge in [0.1, 0.15) is 12.1 Å². The van der Waals surface area contributed by atoms with Crippen LogP contribution in [0.5, 0.6) is 0 Å². The third kappa shape index (κ3) is 8.20. The highest BCUT2D eigenvalue weighted by Gasteiger charge is 2.39. The summed E-state index contributed by atoms with van der Waals surface area (Å²) < 4.78 is 5.63. The van der Waals surface area contributed by atoms with Gasteiger partial charge in [-0.2, -0.15) is 0 Å². The van der Waals surface area contributed by atoms with Crippen LogP contribution in [0.15, 0.2) is 15.0 Å². The second-order valence-corrected chi connectivity index (χ2v) is 14.2. The maximum atomic E-state index is 5.63. The molecule has 0 radical (unpaired) electrons. The fraction of sp³-hybridized carbons (Fsp3) is 0.900. The van der Waals surface area contributed by atoms with Crippen LogP contribution in [0.25, 0.3) is 0 Å². The summed E-state index contributed by atoms with van der Waals surface area (Å²) >= 11 is 1.98.